The van der Waals surface area contributed by atoms with Crippen molar-refractivity contribution in [3.05, 3.63) is 27.8 Å². The second-order valence-electron chi connectivity index (χ2n) is 3.75. The quantitative estimate of drug-likeness (QED) is 0.245. The van der Waals surface area contributed by atoms with Gasteiger partial charge in [-0.2, -0.15) is 0 Å². The maximum atomic E-state index is 11.2. The molecule has 1 rings (SSSR count). The number of benzene rings is 1. The maximum absolute atomic E-state index is 11.2. The molecule has 0 spiro atoms. The number of carboxylic acid groups (broad SMARTS) is 5. The van der Waals surface area contributed by atoms with Crippen LogP contribution in [0.2, 0.25) is 0 Å². The SMILES string of the molecule is O=C(O)c1c(S)c(C(=O)O)c(C(=O)O)c(C(=O)O)c1C(=O)O.[H-].[Na+]. The molecule has 0 aromatic heterocycles. The topological polar surface area (TPSA) is 186 Å². The molecule has 0 radical (unpaired) electrons. The third-order valence-electron chi connectivity index (χ3n) is 2.54. The summed E-state index contributed by atoms with van der Waals surface area (Å²) in [6.07, 6.45) is 0. The van der Waals surface area contributed by atoms with Crippen molar-refractivity contribution in [3.63, 3.8) is 0 Å². The van der Waals surface area contributed by atoms with Gasteiger partial charge in [0.2, 0.25) is 0 Å². The minimum absolute atomic E-state index is 0. The van der Waals surface area contributed by atoms with Gasteiger partial charge in [0.1, 0.15) is 0 Å². The van der Waals surface area contributed by atoms with E-state index in [1.165, 1.54) is 0 Å². The third-order valence-corrected chi connectivity index (χ3v) is 2.99. The molecule has 0 bridgehead atoms. The molecule has 0 fully saturated rings. The molecule has 0 amide bonds. The molecular weight excluding hydrogens is 347 g/mol. The summed E-state index contributed by atoms with van der Waals surface area (Å²) in [5.74, 6) is -10.1. The summed E-state index contributed by atoms with van der Waals surface area (Å²) < 4.78 is 0. The van der Waals surface area contributed by atoms with Gasteiger partial charge >= 0.3 is 59.4 Å². The van der Waals surface area contributed by atoms with Crippen LogP contribution in [0.3, 0.4) is 0 Å². The molecule has 1 aromatic carbocycles. The molecule has 0 atom stereocenters. The molecule has 10 nitrogen and oxygen atoms in total. The van der Waals surface area contributed by atoms with Gasteiger partial charge in [-0.1, -0.05) is 0 Å². The van der Waals surface area contributed by atoms with Crippen molar-refractivity contribution in [2.45, 2.75) is 4.90 Å². The second kappa shape index (κ2) is 7.46. The standard InChI is InChI=1S/C11H6O10S.Na.H/c12-7(13)1-2(8(14)15)4(10(18)19)6(22)5(11(20)21)3(1)9(16)17;;/h22H,(H,12,13)(H,14,15)(H,16,17)(H,18,19)(H,20,21);;/q;+1;-1. The zero-order valence-electron chi connectivity index (χ0n) is 12.2. The molecule has 23 heavy (non-hydrogen) atoms. The van der Waals surface area contributed by atoms with Crippen LogP contribution in [0.5, 0.6) is 0 Å². The Morgan fingerprint density at radius 3 is 0.913 bits per heavy atom. The molecule has 0 aliphatic heterocycles. The van der Waals surface area contributed by atoms with Gasteiger partial charge in [0.25, 0.3) is 0 Å². The van der Waals surface area contributed by atoms with Crippen molar-refractivity contribution in [2.24, 2.45) is 0 Å². The van der Waals surface area contributed by atoms with Crippen LogP contribution in [0.1, 0.15) is 53.2 Å². The normalized spacial score (nSPS) is 9.61. The Bertz CT molecular complexity index is 707. The van der Waals surface area contributed by atoms with Gasteiger partial charge in [0.15, 0.2) is 0 Å². The van der Waals surface area contributed by atoms with E-state index in [1.807, 2.05) is 0 Å². The van der Waals surface area contributed by atoms with Crippen molar-refractivity contribution in [3.8, 4) is 0 Å². The van der Waals surface area contributed by atoms with Crippen molar-refractivity contribution < 1.29 is 80.5 Å². The first-order valence-corrected chi connectivity index (χ1v) is 5.56. The summed E-state index contributed by atoms with van der Waals surface area (Å²) in [5.41, 5.74) is -6.64. The van der Waals surface area contributed by atoms with Crippen LogP contribution in [0.4, 0.5) is 0 Å². The van der Waals surface area contributed by atoms with E-state index >= 15 is 0 Å². The van der Waals surface area contributed by atoms with Crippen molar-refractivity contribution >= 4 is 42.5 Å². The smallest absolute Gasteiger partial charge is 1.00 e. The largest absolute Gasteiger partial charge is 1.00 e. The molecule has 0 saturated heterocycles. The Morgan fingerprint density at radius 2 is 0.739 bits per heavy atom. The predicted molar refractivity (Wildman–Crippen MR) is 69.6 cm³/mol. The average molecular weight is 354 g/mol. The van der Waals surface area contributed by atoms with Gasteiger partial charge in [-0.15, -0.1) is 12.6 Å². The van der Waals surface area contributed by atoms with Crippen LogP contribution in [-0.4, -0.2) is 55.4 Å². The number of carbonyl (C=O) groups is 5. The summed E-state index contributed by atoms with van der Waals surface area (Å²) in [7, 11) is 0. The summed E-state index contributed by atoms with van der Waals surface area (Å²) in [6, 6.07) is 0. The van der Waals surface area contributed by atoms with Crippen LogP contribution in [0.15, 0.2) is 4.90 Å². The minimum atomic E-state index is -2.10. The molecule has 0 heterocycles. The number of aromatic carboxylic acids is 5. The summed E-state index contributed by atoms with van der Waals surface area (Å²) >= 11 is 3.55. The maximum Gasteiger partial charge on any atom is 1.00 e. The van der Waals surface area contributed by atoms with E-state index < -0.39 is 62.6 Å². The van der Waals surface area contributed by atoms with Crippen LogP contribution < -0.4 is 29.6 Å². The van der Waals surface area contributed by atoms with Gasteiger partial charge in [-0.25, -0.2) is 24.0 Å². The van der Waals surface area contributed by atoms with E-state index in [2.05, 4.69) is 12.6 Å². The third kappa shape index (κ3) is 3.64. The average Bonchev–Trinajstić information content (AvgIpc) is 2.34. The molecule has 118 valence electrons. The Morgan fingerprint density at radius 1 is 0.565 bits per heavy atom. The van der Waals surface area contributed by atoms with Crippen LogP contribution in [0, 0.1) is 0 Å². The van der Waals surface area contributed by atoms with E-state index in [-0.39, 0.29) is 31.0 Å². The van der Waals surface area contributed by atoms with E-state index in [0.717, 1.165) is 0 Å². The van der Waals surface area contributed by atoms with E-state index in [1.54, 1.807) is 0 Å². The van der Waals surface area contributed by atoms with Gasteiger partial charge in [0, 0.05) is 4.90 Å². The number of thiol groups is 1. The van der Waals surface area contributed by atoms with Crippen LogP contribution in [-0.2, 0) is 0 Å². The van der Waals surface area contributed by atoms with Crippen molar-refractivity contribution in [1.29, 1.82) is 0 Å². The Balaban J connectivity index is 0. The molecule has 12 heteroatoms. The van der Waals surface area contributed by atoms with Crippen LogP contribution in [0.25, 0.3) is 0 Å². The molecule has 1 aromatic rings. The number of rotatable bonds is 5. The minimum Gasteiger partial charge on any atom is -1.00 e. The molecular formula is C11H7NaO10S. The predicted octanol–water partition coefficient (Wildman–Crippen LogP) is -2.42. The Labute approximate surface area is 155 Å². The molecule has 0 saturated carbocycles. The fourth-order valence-corrected chi connectivity index (χ4v) is 2.21. The van der Waals surface area contributed by atoms with Crippen molar-refractivity contribution in [2.75, 3.05) is 0 Å². The summed E-state index contributed by atoms with van der Waals surface area (Å²) in [6.45, 7) is 0. The molecule has 5 N–H and O–H groups in total. The number of carboxylic acids is 5. The van der Waals surface area contributed by atoms with E-state index in [0.29, 0.717) is 0 Å². The monoisotopic (exact) mass is 354 g/mol. The molecule has 0 unspecified atom stereocenters. The second-order valence-corrected chi connectivity index (χ2v) is 4.20. The van der Waals surface area contributed by atoms with E-state index in [4.69, 9.17) is 25.5 Å². The number of hydrogen-bond acceptors (Lipinski definition) is 6. The number of hydrogen-bond donors (Lipinski definition) is 6. The van der Waals surface area contributed by atoms with Crippen molar-refractivity contribution in [1.82, 2.24) is 0 Å². The fraction of sp³-hybridized carbons (Fsp3) is 0. The Kier molecular flexibility index (Phi) is 6.78. The molecule has 0 aliphatic rings. The fourth-order valence-electron chi connectivity index (χ4n) is 1.79. The first-order chi connectivity index (χ1) is 10.0. The Hall–Kier alpha value is -2.08. The zero-order valence-corrected chi connectivity index (χ0v) is 14.1. The first kappa shape index (κ1) is 20.9. The van der Waals surface area contributed by atoms with Gasteiger partial charge in [-0.05, 0) is 0 Å². The summed E-state index contributed by atoms with van der Waals surface area (Å²) in [5, 5.41) is 45.0. The van der Waals surface area contributed by atoms with E-state index in [9.17, 15) is 24.0 Å². The first-order valence-electron chi connectivity index (χ1n) is 5.11. The van der Waals surface area contributed by atoms with Gasteiger partial charge < -0.3 is 27.0 Å². The zero-order chi connectivity index (χ0) is 17.4. The van der Waals surface area contributed by atoms with Crippen LogP contribution >= 0.6 is 12.6 Å². The summed E-state index contributed by atoms with van der Waals surface area (Å²) in [4.78, 5) is 54.8. The van der Waals surface area contributed by atoms with Gasteiger partial charge in [0.05, 0.1) is 27.8 Å². The van der Waals surface area contributed by atoms with Gasteiger partial charge in [-0.3, -0.25) is 0 Å². The molecule has 0 aliphatic carbocycles.